The molecule has 0 bridgehead atoms. The van der Waals surface area contributed by atoms with Gasteiger partial charge in [-0.15, -0.1) is 5.10 Å². The molecule has 6 nitrogen and oxygen atoms in total. The van der Waals surface area contributed by atoms with Gasteiger partial charge in [-0.25, -0.2) is 9.18 Å². The maximum Gasteiger partial charge on any atom is 0.328 e. The summed E-state index contributed by atoms with van der Waals surface area (Å²) in [6.07, 6.45) is 3.52. The molecule has 1 aromatic heterocycles. The Labute approximate surface area is 116 Å². The van der Waals surface area contributed by atoms with Crippen LogP contribution in [0.1, 0.15) is 15.9 Å². The number of aromatic nitrogens is 2. The number of nitrogens with zero attached hydrogens (tertiary/aromatic N) is 2. The Morgan fingerprint density at radius 1 is 1.40 bits per heavy atom. The van der Waals surface area contributed by atoms with E-state index in [1.807, 2.05) is 0 Å². The molecule has 2 N–H and O–H groups in total. The van der Waals surface area contributed by atoms with Gasteiger partial charge in [0, 0.05) is 17.6 Å². The van der Waals surface area contributed by atoms with Crippen molar-refractivity contribution >= 4 is 34.5 Å². The molecule has 102 valence electrons. The third-order valence-corrected chi connectivity index (χ3v) is 2.83. The van der Waals surface area contributed by atoms with E-state index in [-0.39, 0.29) is 5.56 Å². The van der Waals surface area contributed by atoms with E-state index in [0.717, 1.165) is 23.7 Å². The number of benzene rings is 1. The van der Waals surface area contributed by atoms with E-state index < -0.39 is 17.7 Å². The number of carboxylic acid groups (broad SMARTS) is 1. The summed E-state index contributed by atoms with van der Waals surface area (Å²) < 4.78 is 17.2. The number of carbonyl (C=O) groups excluding carboxylic acids is 1. The second kappa shape index (κ2) is 6.02. The lowest BCUT2D eigenvalue weighted by Crippen LogP contribution is -2.13. The minimum atomic E-state index is -1.13. The molecule has 0 unspecified atom stereocenters. The molecule has 0 spiro atoms. The highest BCUT2D eigenvalue weighted by Gasteiger charge is 2.13. The first-order valence-electron chi connectivity index (χ1n) is 5.35. The van der Waals surface area contributed by atoms with E-state index in [1.54, 1.807) is 0 Å². The first kappa shape index (κ1) is 13.8. The van der Waals surface area contributed by atoms with Gasteiger partial charge in [0.05, 0.1) is 11.8 Å². The van der Waals surface area contributed by atoms with Gasteiger partial charge < -0.3 is 10.4 Å². The highest BCUT2D eigenvalue weighted by Crippen LogP contribution is 2.16. The first-order chi connectivity index (χ1) is 9.56. The van der Waals surface area contributed by atoms with Crippen molar-refractivity contribution in [1.82, 2.24) is 9.59 Å². The molecule has 0 fully saturated rings. The molecular weight excluding hydrogens is 285 g/mol. The number of hydrogen-bond donors (Lipinski definition) is 2. The molecule has 1 heterocycles. The predicted molar refractivity (Wildman–Crippen MR) is 70.9 cm³/mol. The average Bonchev–Trinajstić information content (AvgIpc) is 2.90. The third kappa shape index (κ3) is 3.45. The molecule has 2 rings (SSSR count). The lowest BCUT2D eigenvalue weighted by Gasteiger charge is -2.04. The molecular formula is C12H8FN3O3S. The fourth-order valence-electron chi connectivity index (χ4n) is 1.39. The van der Waals surface area contributed by atoms with Crippen LogP contribution in [0.3, 0.4) is 0 Å². The van der Waals surface area contributed by atoms with Crippen molar-refractivity contribution < 1.29 is 19.1 Å². The van der Waals surface area contributed by atoms with E-state index in [4.69, 9.17) is 5.11 Å². The standard InChI is InChI=1S/C12H8FN3O3S/c13-9-3-1-7(2-4-11(17)18)5-8(9)12(19)15-10-6-14-16-20-10/h1-6H,(H,15,19)(H,17,18)/b4-2+. The van der Waals surface area contributed by atoms with Crippen LogP contribution in [0, 0.1) is 5.82 Å². The summed E-state index contributed by atoms with van der Waals surface area (Å²) in [5.74, 6) is -2.48. The van der Waals surface area contributed by atoms with Crippen molar-refractivity contribution in [3.63, 3.8) is 0 Å². The van der Waals surface area contributed by atoms with Crippen LogP contribution in [0.15, 0.2) is 30.5 Å². The predicted octanol–water partition coefficient (Wildman–Crippen LogP) is 2.03. The molecule has 0 saturated heterocycles. The van der Waals surface area contributed by atoms with Crippen LogP contribution < -0.4 is 5.32 Å². The van der Waals surface area contributed by atoms with Gasteiger partial charge in [-0.2, -0.15) is 0 Å². The molecule has 1 aromatic carbocycles. The molecule has 0 saturated carbocycles. The van der Waals surface area contributed by atoms with E-state index in [9.17, 15) is 14.0 Å². The topological polar surface area (TPSA) is 92.2 Å². The minimum absolute atomic E-state index is 0.189. The molecule has 20 heavy (non-hydrogen) atoms. The summed E-state index contributed by atoms with van der Waals surface area (Å²) in [5.41, 5.74) is 0.215. The SMILES string of the molecule is O=C(O)/C=C/c1ccc(F)c(C(=O)Nc2cnns2)c1. The third-order valence-electron chi connectivity index (χ3n) is 2.25. The van der Waals surface area contributed by atoms with Gasteiger partial charge in [0.15, 0.2) is 0 Å². The van der Waals surface area contributed by atoms with Crippen LogP contribution in [0.2, 0.25) is 0 Å². The van der Waals surface area contributed by atoms with E-state index >= 15 is 0 Å². The summed E-state index contributed by atoms with van der Waals surface area (Å²) in [4.78, 5) is 22.3. The van der Waals surface area contributed by atoms with Gasteiger partial charge in [0.25, 0.3) is 5.91 Å². The fourth-order valence-corrected chi connectivity index (χ4v) is 1.80. The van der Waals surface area contributed by atoms with Crippen molar-refractivity contribution in [2.75, 3.05) is 5.32 Å². The molecule has 0 aliphatic heterocycles. The van der Waals surface area contributed by atoms with E-state index in [2.05, 4.69) is 14.9 Å². The average molecular weight is 293 g/mol. The van der Waals surface area contributed by atoms with Crippen molar-refractivity contribution in [3.8, 4) is 0 Å². The zero-order chi connectivity index (χ0) is 14.5. The summed E-state index contributed by atoms with van der Waals surface area (Å²) in [7, 11) is 0. The highest BCUT2D eigenvalue weighted by molar-refractivity contribution is 7.10. The fraction of sp³-hybridized carbons (Fsp3) is 0. The zero-order valence-corrected chi connectivity index (χ0v) is 10.7. The number of aliphatic carboxylic acids is 1. The zero-order valence-electron chi connectivity index (χ0n) is 9.91. The van der Waals surface area contributed by atoms with Crippen molar-refractivity contribution in [2.24, 2.45) is 0 Å². The van der Waals surface area contributed by atoms with Crippen molar-refractivity contribution in [3.05, 3.63) is 47.4 Å². The number of halogens is 1. The lowest BCUT2D eigenvalue weighted by atomic mass is 10.1. The molecule has 8 heteroatoms. The summed E-state index contributed by atoms with van der Waals surface area (Å²) in [6, 6.07) is 3.74. The molecule has 0 atom stereocenters. The number of hydrogen-bond acceptors (Lipinski definition) is 5. The Kier molecular flexibility index (Phi) is 4.16. The number of carbonyl (C=O) groups is 2. The second-order valence-electron chi connectivity index (χ2n) is 3.65. The molecule has 0 aliphatic carbocycles. The van der Waals surface area contributed by atoms with Crippen molar-refractivity contribution in [1.29, 1.82) is 0 Å². The van der Waals surface area contributed by atoms with Crippen LogP contribution in [0.4, 0.5) is 9.39 Å². The lowest BCUT2D eigenvalue weighted by molar-refractivity contribution is -0.131. The molecule has 1 amide bonds. The van der Waals surface area contributed by atoms with Gasteiger partial charge >= 0.3 is 5.97 Å². The maximum absolute atomic E-state index is 13.6. The number of rotatable bonds is 4. The molecule has 0 radical (unpaired) electrons. The van der Waals surface area contributed by atoms with Gasteiger partial charge in [-0.05, 0) is 23.8 Å². The highest BCUT2D eigenvalue weighted by atomic mass is 32.1. The monoisotopic (exact) mass is 293 g/mol. The molecule has 2 aromatic rings. The Balaban J connectivity index is 2.24. The quantitative estimate of drug-likeness (QED) is 0.841. The molecule has 0 aliphatic rings. The van der Waals surface area contributed by atoms with Gasteiger partial charge in [0.2, 0.25) is 0 Å². The van der Waals surface area contributed by atoms with Crippen molar-refractivity contribution in [2.45, 2.75) is 0 Å². The number of amides is 1. The van der Waals surface area contributed by atoms with Gasteiger partial charge in [-0.1, -0.05) is 10.6 Å². The van der Waals surface area contributed by atoms with E-state index in [1.165, 1.54) is 24.4 Å². The van der Waals surface area contributed by atoms with Gasteiger partial charge in [-0.3, -0.25) is 4.79 Å². The summed E-state index contributed by atoms with van der Waals surface area (Å²) in [5, 5.41) is 14.9. The largest absolute Gasteiger partial charge is 0.478 e. The Morgan fingerprint density at radius 2 is 2.20 bits per heavy atom. The summed E-state index contributed by atoms with van der Waals surface area (Å²) in [6.45, 7) is 0. The van der Waals surface area contributed by atoms with Crippen LogP contribution in [-0.4, -0.2) is 26.6 Å². The second-order valence-corrected chi connectivity index (χ2v) is 4.43. The van der Waals surface area contributed by atoms with Crippen LogP contribution in [0.25, 0.3) is 6.08 Å². The number of carboxylic acids is 1. The normalized spacial score (nSPS) is 10.7. The summed E-state index contributed by atoms with van der Waals surface area (Å²) >= 11 is 0.963. The first-order valence-corrected chi connectivity index (χ1v) is 6.13. The van der Waals surface area contributed by atoms with Gasteiger partial charge in [0.1, 0.15) is 10.8 Å². The van der Waals surface area contributed by atoms with Crippen LogP contribution >= 0.6 is 11.5 Å². The number of nitrogens with one attached hydrogen (secondary N) is 1. The smallest absolute Gasteiger partial charge is 0.328 e. The Hall–Kier alpha value is -2.61. The Morgan fingerprint density at radius 3 is 2.85 bits per heavy atom. The van der Waals surface area contributed by atoms with Crippen LogP contribution in [0.5, 0.6) is 0 Å². The minimum Gasteiger partial charge on any atom is -0.478 e. The van der Waals surface area contributed by atoms with Crippen LogP contribution in [-0.2, 0) is 4.79 Å². The maximum atomic E-state index is 13.6. The Bertz CT molecular complexity index is 671. The number of anilines is 1. The van der Waals surface area contributed by atoms with E-state index in [0.29, 0.717) is 10.6 Å².